The highest BCUT2D eigenvalue weighted by atomic mass is 35.5. The van der Waals surface area contributed by atoms with Gasteiger partial charge in [-0.05, 0) is 18.6 Å². The molecule has 0 spiro atoms. The van der Waals surface area contributed by atoms with Crippen molar-refractivity contribution in [2.24, 2.45) is 0 Å². The molecule has 0 radical (unpaired) electrons. The van der Waals surface area contributed by atoms with E-state index < -0.39 is 18.6 Å². The standard InChI is InChI=1S/C10H12ClF3N2OS/c11-8-2-1-7(18-8)3-4-15-5-9(17)16-6-10(12,13)14/h1-2,15H,3-6H2,(H,16,17). The second kappa shape index (κ2) is 6.96. The van der Waals surface area contributed by atoms with Crippen molar-refractivity contribution in [3.63, 3.8) is 0 Å². The summed E-state index contributed by atoms with van der Waals surface area (Å²) in [5.74, 6) is -0.670. The van der Waals surface area contributed by atoms with E-state index in [0.717, 1.165) is 4.88 Å². The molecule has 1 aromatic heterocycles. The average Bonchev–Trinajstić information content (AvgIpc) is 2.67. The van der Waals surface area contributed by atoms with Crippen LogP contribution < -0.4 is 10.6 Å². The van der Waals surface area contributed by atoms with Crippen LogP contribution in [0.3, 0.4) is 0 Å². The number of hydrogen-bond donors (Lipinski definition) is 2. The fourth-order valence-corrected chi connectivity index (χ4v) is 2.25. The lowest BCUT2D eigenvalue weighted by atomic mass is 10.3. The first-order valence-electron chi connectivity index (χ1n) is 5.15. The van der Waals surface area contributed by atoms with Gasteiger partial charge in [-0.3, -0.25) is 4.79 Å². The van der Waals surface area contributed by atoms with E-state index in [4.69, 9.17) is 11.6 Å². The molecule has 0 aromatic carbocycles. The summed E-state index contributed by atoms with van der Waals surface area (Å²) in [7, 11) is 0. The molecule has 2 N–H and O–H groups in total. The van der Waals surface area contributed by atoms with E-state index in [1.165, 1.54) is 11.3 Å². The van der Waals surface area contributed by atoms with Crippen molar-refractivity contribution < 1.29 is 18.0 Å². The Morgan fingerprint density at radius 3 is 2.67 bits per heavy atom. The van der Waals surface area contributed by atoms with Crippen molar-refractivity contribution in [2.75, 3.05) is 19.6 Å². The maximum absolute atomic E-state index is 11.8. The predicted octanol–water partition coefficient (Wildman–Crippen LogP) is 2.21. The average molecular weight is 301 g/mol. The quantitative estimate of drug-likeness (QED) is 0.791. The van der Waals surface area contributed by atoms with Gasteiger partial charge in [0.2, 0.25) is 5.91 Å². The van der Waals surface area contributed by atoms with Crippen molar-refractivity contribution in [1.82, 2.24) is 10.6 Å². The highest BCUT2D eigenvalue weighted by Crippen LogP contribution is 2.21. The normalized spacial score (nSPS) is 11.6. The zero-order valence-corrected chi connectivity index (χ0v) is 10.9. The summed E-state index contributed by atoms with van der Waals surface area (Å²) in [4.78, 5) is 12.1. The van der Waals surface area contributed by atoms with Gasteiger partial charge < -0.3 is 10.6 Å². The largest absolute Gasteiger partial charge is 0.405 e. The number of carbonyl (C=O) groups is 1. The third-order valence-electron chi connectivity index (χ3n) is 1.95. The molecule has 1 amide bonds. The second-order valence-electron chi connectivity index (χ2n) is 3.52. The summed E-state index contributed by atoms with van der Waals surface area (Å²) in [6, 6.07) is 3.65. The molecule has 3 nitrogen and oxygen atoms in total. The zero-order valence-electron chi connectivity index (χ0n) is 9.31. The first-order valence-corrected chi connectivity index (χ1v) is 6.34. The van der Waals surface area contributed by atoms with Gasteiger partial charge in [0.1, 0.15) is 6.54 Å². The number of alkyl halides is 3. The van der Waals surface area contributed by atoms with Crippen LogP contribution >= 0.6 is 22.9 Å². The van der Waals surface area contributed by atoms with Gasteiger partial charge >= 0.3 is 6.18 Å². The fraction of sp³-hybridized carbons (Fsp3) is 0.500. The summed E-state index contributed by atoms with van der Waals surface area (Å²) in [6.07, 6.45) is -3.69. The predicted molar refractivity (Wildman–Crippen MR) is 65.0 cm³/mol. The Balaban J connectivity index is 2.09. The number of thiophene rings is 1. The molecule has 1 rings (SSSR count). The Labute approximate surface area is 111 Å². The second-order valence-corrected chi connectivity index (χ2v) is 5.32. The van der Waals surface area contributed by atoms with Crippen molar-refractivity contribution in [3.8, 4) is 0 Å². The fourth-order valence-electron chi connectivity index (χ4n) is 1.16. The Morgan fingerprint density at radius 1 is 1.39 bits per heavy atom. The smallest absolute Gasteiger partial charge is 0.346 e. The van der Waals surface area contributed by atoms with Gasteiger partial charge in [0.05, 0.1) is 10.9 Å². The van der Waals surface area contributed by atoms with Crippen molar-refractivity contribution in [2.45, 2.75) is 12.6 Å². The van der Waals surface area contributed by atoms with Crippen molar-refractivity contribution in [3.05, 3.63) is 21.3 Å². The highest BCUT2D eigenvalue weighted by Gasteiger charge is 2.27. The lowest BCUT2D eigenvalue weighted by molar-refractivity contribution is -0.137. The third kappa shape index (κ3) is 6.83. The molecular weight excluding hydrogens is 289 g/mol. The molecule has 0 unspecified atom stereocenters. The molecule has 0 fully saturated rings. The minimum absolute atomic E-state index is 0.130. The van der Waals surface area contributed by atoms with Crippen molar-refractivity contribution >= 4 is 28.8 Å². The highest BCUT2D eigenvalue weighted by molar-refractivity contribution is 7.16. The lowest BCUT2D eigenvalue weighted by Crippen LogP contribution is -2.39. The van der Waals surface area contributed by atoms with Crippen LogP contribution in [0.5, 0.6) is 0 Å². The van der Waals surface area contributed by atoms with Gasteiger partial charge in [-0.2, -0.15) is 13.2 Å². The van der Waals surface area contributed by atoms with E-state index in [0.29, 0.717) is 17.3 Å². The zero-order chi connectivity index (χ0) is 13.6. The third-order valence-corrected chi connectivity index (χ3v) is 3.24. The van der Waals surface area contributed by atoms with Gasteiger partial charge in [-0.25, -0.2) is 0 Å². The monoisotopic (exact) mass is 300 g/mol. The first kappa shape index (κ1) is 15.3. The van der Waals surface area contributed by atoms with Gasteiger partial charge in [-0.15, -0.1) is 11.3 Å². The Morgan fingerprint density at radius 2 is 2.11 bits per heavy atom. The first-order chi connectivity index (χ1) is 8.37. The van der Waals surface area contributed by atoms with Crippen LogP contribution in [0.25, 0.3) is 0 Å². The van der Waals surface area contributed by atoms with E-state index in [1.54, 1.807) is 11.4 Å². The van der Waals surface area contributed by atoms with Crippen LogP contribution in [0.4, 0.5) is 13.2 Å². The summed E-state index contributed by atoms with van der Waals surface area (Å²) in [5.41, 5.74) is 0. The summed E-state index contributed by atoms with van der Waals surface area (Å²) in [6.45, 7) is -0.917. The number of amides is 1. The van der Waals surface area contributed by atoms with Gasteiger partial charge in [-0.1, -0.05) is 11.6 Å². The number of carbonyl (C=O) groups excluding carboxylic acids is 1. The van der Waals surface area contributed by atoms with Crippen LogP contribution in [0.15, 0.2) is 12.1 Å². The van der Waals surface area contributed by atoms with E-state index in [-0.39, 0.29) is 6.54 Å². The summed E-state index contributed by atoms with van der Waals surface area (Å²) >= 11 is 7.17. The number of nitrogens with one attached hydrogen (secondary N) is 2. The van der Waals surface area contributed by atoms with E-state index in [9.17, 15) is 18.0 Å². The molecule has 0 aliphatic heterocycles. The molecule has 0 saturated carbocycles. The Bertz CT molecular complexity index is 395. The molecule has 8 heteroatoms. The summed E-state index contributed by atoms with van der Waals surface area (Å²) < 4.78 is 36.0. The van der Waals surface area contributed by atoms with Gasteiger partial charge in [0.15, 0.2) is 0 Å². The minimum atomic E-state index is -4.37. The Kier molecular flexibility index (Phi) is 5.90. The van der Waals surface area contributed by atoms with Crippen molar-refractivity contribution in [1.29, 1.82) is 0 Å². The van der Waals surface area contributed by atoms with Gasteiger partial charge in [0.25, 0.3) is 0 Å². The van der Waals surface area contributed by atoms with Crippen LogP contribution in [-0.2, 0) is 11.2 Å². The van der Waals surface area contributed by atoms with Crippen LogP contribution in [0, 0.1) is 0 Å². The molecule has 0 atom stereocenters. The molecule has 0 saturated heterocycles. The maximum Gasteiger partial charge on any atom is 0.405 e. The number of rotatable bonds is 6. The van der Waals surface area contributed by atoms with Gasteiger partial charge in [0, 0.05) is 11.4 Å². The van der Waals surface area contributed by atoms with E-state index >= 15 is 0 Å². The molecule has 18 heavy (non-hydrogen) atoms. The lowest BCUT2D eigenvalue weighted by Gasteiger charge is -2.08. The molecule has 1 heterocycles. The van der Waals surface area contributed by atoms with Crippen LogP contribution in [0.1, 0.15) is 4.88 Å². The molecule has 0 bridgehead atoms. The Hall–Kier alpha value is -0.790. The molecule has 102 valence electrons. The molecule has 0 aliphatic carbocycles. The summed E-state index contributed by atoms with van der Waals surface area (Å²) in [5, 5.41) is 4.54. The number of halogens is 4. The van der Waals surface area contributed by atoms with Crippen LogP contribution in [-0.4, -0.2) is 31.7 Å². The number of hydrogen-bond acceptors (Lipinski definition) is 3. The molecule has 0 aliphatic rings. The van der Waals surface area contributed by atoms with E-state index in [2.05, 4.69) is 5.32 Å². The van der Waals surface area contributed by atoms with E-state index in [1.807, 2.05) is 6.07 Å². The SMILES string of the molecule is O=C(CNCCc1ccc(Cl)s1)NCC(F)(F)F. The maximum atomic E-state index is 11.8. The topological polar surface area (TPSA) is 41.1 Å². The molecule has 1 aromatic rings. The minimum Gasteiger partial charge on any atom is -0.346 e. The van der Waals surface area contributed by atoms with Crippen LogP contribution in [0.2, 0.25) is 4.34 Å². The molecular formula is C10H12ClF3N2OS.